The first-order valence-corrected chi connectivity index (χ1v) is 14.3. The number of hydrogen-bond donors (Lipinski definition) is 1. The summed E-state index contributed by atoms with van der Waals surface area (Å²) in [6.45, 7) is 6.51. The lowest BCUT2D eigenvalue weighted by Gasteiger charge is -2.36. The summed E-state index contributed by atoms with van der Waals surface area (Å²) in [7, 11) is 1.61. The molecule has 0 aliphatic carbocycles. The number of para-hydroxylation sites is 1. The van der Waals surface area contributed by atoms with E-state index >= 15 is 0 Å². The molecule has 0 bridgehead atoms. The highest BCUT2D eigenvalue weighted by Gasteiger charge is 2.42. The Labute approximate surface area is 238 Å². The molecule has 5 rings (SSSR count). The Bertz CT molecular complexity index is 1320. The van der Waals surface area contributed by atoms with E-state index in [1.54, 1.807) is 7.11 Å². The van der Waals surface area contributed by atoms with Crippen LogP contribution in [0, 0.1) is 0 Å². The number of rotatable bonds is 10. The van der Waals surface area contributed by atoms with Gasteiger partial charge in [0, 0.05) is 37.4 Å². The lowest BCUT2D eigenvalue weighted by atomic mass is 9.93. The summed E-state index contributed by atoms with van der Waals surface area (Å²) in [4.78, 5) is 35.7. The molecule has 3 aliphatic heterocycles. The summed E-state index contributed by atoms with van der Waals surface area (Å²) in [5.74, 6) is 0.104. The van der Waals surface area contributed by atoms with Crippen molar-refractivity contribution in [2.45, 2.75) is 26.0 Å². The van der Waals surface area contributed by atoms with Gasteiger partial charge in [-0.05, 0) is 24.0 Å². The van der Waals surface area contributed by atoms with Gasteiger partial charge in [0.25, 0.3) is 0 Å². The third-order valence-electron chi connectivity index (χ3n) is 7.06. The van der Waals surface area contributed by atoms with Crippen LogP contribution in [0.1, 0.15) is 30.5 Å². The molecule has 1 atom stereocenters. The van der Waals surface area contributed by atoms with E-state index in [2.05, 4.69) is 10.2 Å². The van der Waals surface area contributed by atoms with Crippen molar-refractivity contribution < 1.29 is 23.8 Å². The molecule has 1 saturated heterocycles. The quantitative estimate of drug-likeness (QED) is 0.437. The molecule has 40 heavy (non-hydrogen) atoms. The average Bonchev–Trinajstić information content (AvgIpc) is 3.37. The van der Waals surface area contributed by atoms with Crippen LogP contribution in [0.25, 0.3) is 0 Å². The van der Waals surface area contributed by atoms with Crippen molar-refractivity contribution in [2.75, 3.05) is 46.5 Å². The second-order valence-corrected chi connectivity index (χ2v) is 10.5. The Kier molecular flexibility index (Phi) is 9.20. The van der Waals surface area contributed by atoms with E-state index in [-0.39, 0.29) is 18.9 Å². The van der Waals surface area contributed by atoms with Crippen LogP contribution in [-0.4, -0.2) is 73.3 Å². The molecule has 0 radical (unpaired) electrons. The van der Waals surface area contributed by atoms with E-state index in [0.717, 1.165) is 49.7 Å². The molecule has 0 saturated carbocycles. The van der Waals surface area contributed by atoms with Gasteiger partial charge in [0.05, 0.1) is 44.1 Å². The van der Waals surface area contributed by atoms with Crippen LogP contribution in [-0.2, 0) is 25.7 Å². The molecule has 3 aliphatic rings. The van der Waals surface area contributed by atoms with Gasteiger partial charge in [-0.25, -0.2) is 9.79 Å². The van der Waals surface area contributed by atoms with Gasteiger partial charge in [-0.2, -0.15) is 0 Å². The zero-order valence-electron chi connectivity index (χ0n) is 22.8. The Hall–Kier alpha value is -3.60. The molecule has 10 heteroatoms. The van der Waals surface area contributed by atoms with Crippen LogP contribution >= 0.6 is 11.8 Å². The molecule has 1 amide bonds. The minimum Gasteiger partial charge on any atom is -0.496 e. The fourth-order valence-corrected chi connectivity index (χ4v) is 5.99. The van der Waals surface area contributed by atoms with E-state index in [9.17, 15) is 9.59 Å². The third kappa shape index (κ3) is 6.41. The number of ether oxygens (including phenoxy) is 3. The number of methoxy groups -OCH3 is 1. The average molecular weight is 563 g/mol. The van der Waals surface area contributed by atoms with Crippen LogP contribution < -0.4 is 10.1 Å². The Balaban J connectivity index is 1.36. The number of nitrogens with zero attached hydrogens (tertiary/aromatic N) is 3. The second-order valence-electron chi connectivity index (χ2n) is 9.68. The zero-order chi connectivity index (χ0) is 27.9. The summed E-state index contributed by atoms with van der Waals surface area (Å²) in [6.07, 6.45) is 0.159. The number of amides is 1. The summed E-state index contributed by atoms with van der Waals surface area (Å²) in [5, 5.41) is 5.70. The molecule has 1 fully saturated rings. The van der Waals surface area contributed by atoms with Crippen LogP contribution in [0.4, 0.5) is 0 Å². The van der Waals surface area contributed by atoms with E-state index in [1.165, 1.54) is 11.8 Å². The van der Waals surface area contributed by atoms with Gasteiger partial charge in [-0.1, -0.05) is 60.3 Å². The number of carbonyl (C=O) groups excluding carboxylic acids is 2. The number of aliphatic imine (C=N–C) groups is 1. The van der Waals surface area contributed by atoms with Crippen molar-refractivity contribution in [1.29, 1.82) is 0 Å². The van der Waals surface area contributed by atoms with Crippen molar-refractivity contribution in [1.82, 2.24) is 15.1 Å². The summed E-state index contributed by atoms with van der Waals surface area (Å²) in [6, 6.07) is 16.6. The number of esters is 1. The molecule has 0 spiro atoms. The van der Waals surface area contributed by atoms with Crippen LogP contribution in [0.15, 0.2) is 82.0 Å². The molecule has 210 valence electrons. The lowest BCUT2D eigenvalue weighted by molar-refractivity contribution is -0.141. The minimum absolute atomic E-state index is 0.0837. The molecule has 0 aromatic heterocycles. The molecular formula is C30H34N4O5S. The summed E-state index contributed by atoms with van der Waals surface area (Å²) >= 11 is 1.45. The van der Waals surface area contributed by atoms with Gasteiger partial charge < -0.3 is 24.4 Å². The van der Waals surface area contributed by atoms with Crippen LogP contribution in [0.5, 0.6) is 5.75 Å². The van der Waals surface area contributed by atoms with Crippen molar-refractivity contribution in [3.8, 4) is 5.75 Å². The largest absolute Gasteiger partial charge is 0.496 e. The molecular weight excluding hydrogens is 528 g/mol. The number of benzene rings is 2. The number of amidine groups is 1. The van der Waals surface area contributed by atoms with Crippen molar-refractivity contribution in [3.05, 3.63) is 88.1 Å². The Morgan fingerprint density at radius 3 is 2.62 bits per heavy atom. The number of fused-ring (bicyclic) bond motifs is 1. The SMILES string of the molecule is COc1ccccc1C1C(C(=O)OCc2ccccc2)=C(C)N=C2SC=C(CC(=O)NCCN3CCOCC3)N21. The topological polar surface area (TPSA) is 92.7 Å². The summed E-state index contributed by atoms with van der Waals surface area (Å²) in [5.41, 5.74) is 3.46. The number of carbonyl (C=O) groups is 2. The predicted octanol–water partition coefficient (Wildman–Crippen LogP) is 3.85. The smallest absolute Gasteiger partial charge is 0.338 e. The fraction of sp³-hybridized carbons (Fsp3) is 0.367. The fourth-order valence-electron chi connectivity index (χ4n) is 5.02. The van der Waals surface area contributed by atoms with Gasteiger partial charge in [-0.15, -0.1) is 0 Å². The van der Waals surface area contributed by atoms with Gasteiger partial charge in [0.2, 0.25) is 5.91 Å². The Morgan fingerprint density at radius 2 is 1.85 bits per heavy atom. The summed E-state index contributed by atoms with van der Waals surface area (Å²) < 4.78 is 16.9. The lowest BCUT2D eigenvalue weighted by Crippen LogP contribution is -2.42. The third-order valence-corrected chi connectivity index (χ3v) is 7.95. The first kappa shape index (κ1) is 27.9. The van der Waals surface area contributed by atoms with Crippen molar-refractivity contribution in [3.63, 3.8) is 0 Å². The number of allylic oxidation sites excluding steroid dienone is 1. The van der Waals surface area contributed by atoms with E-state index in [1.807, 2.05) is 71.8 Å². The number of morpholine rings is 1. The van der Waals surface area contributed by atoms with Gasteiger partial charge in [0.15, 0.2) is 5.17 Å². The standard InChI is InChI=1S/C30H34N4O5S/c1-21-27(29(36)39-19-22-8-4-3-5-9-22)28(24-10-6-7-11-25(24)37-2)34-23(20-40-30(34)32-21)18-26(35)31-12-13-33-14-16-38-17-15-33/h3-11,20,28H,12-19H2,1-2H3,(H,31,35). The molecule has 9 nitrogen and oxygen atoms in total. The predicted molar refractivity (Wildman–Crippen MR) is 155 cm³/mol. The molecule has 1 N–H and O–H groups in total. The first-order chi connectivity index (χ1) is 19.5. The van der Waals surface area contributed by atoms with E-state index < -0.39 is 12.0 Å². The molecule has 1 unspecified atom stereocenters. The maximum atomic E-state index is 13.6. The highest BCUT2D eigenvalue weighted by molar-refractivity contribution is 8.16. The molecule has 2 aromatic carbocycles. The van der Waals surface area contributed by atoms with Gasteiger partial charge in [-0.3, -0.25) is 9.69 Å². The number of thioether (sulfide) groups is 1. The highest BCUT2D eigenvalue weighted by atomic mass is 32.2. The minimum atomic E-state index is -0.561. The van der Waals surface area contributed by atoms with Crippen LogP contribution in [0.3, 0.4) is 0 Å². The zero-order valence-corrected chi connectivity index (χ0v) is 23.6. The van der Waals surface area contributed by atoms with Crippen LogP contribution in [0.2, 0.25) is 0 Å². The highest BCUT2D eigenvalue weighted by Crippen LogP contribution is 2.46. The van der Waals surface area contributed by atoms with Gasteiger partial charge in [0.1, 0.15) is 12.4 Å². The second kappa shape index (κ2) is 13.2. The van der Waals surface area contributed by atoms with Crippen molar-refractivity contribution in [2.24, 2.45) is 4.99 Å². The van der Waals surface area contributed by atoms with E-state index in [4.69, 9.17) is 19.2 Å². The van der Waals surface area contributed by atoms with Gasteiger partial charge >= 0.3 is 5.97 Å². The maximum Gasteiger partial charge on any atom is 0.338 e. The first-order valence-electron chi connectivity index (χ1n) is 13.4. The Morgan fingerprint density at radius 1 is 1.10 bits per heavy atom. The number of hydrogen-bond acceptors (Lipinski definition) is 9. The number of nitrogens with one attached hydrogen (secondary N) is 1. The monoisotopic (exact) mass is 562 g/mol. The normalized spacial score (nSPS) is 19.1. The van der Waals surface area contributed by atoms with E-state index in [0.29, 0.717) is 28.7 Å². The van der Waals surface area contributed by atoms with Crippen molar-refractivity contribution >= 4 is 28.8 Å². The molecule has 3 heterocycles. The molecule has 2 aromatic rings. The maximum absolute atomic E-state index is 13.6.